The van der Waals surface area contributed by atoms with Gasteiger partial charge in [-0.3, -0.25) is 5.43 Å². The molecule has 0 saturated heterocycles. The minimum absolute atomic E-state index is 0.469. The van der Waals surface area contributed by atoms with Crippen molar-refractivity contribution in [1.82, 2.24) is 5.43 Å². The largest absolute Gasteiger partial charge is 0.331 e. The number of hydrogen-bond donors (Lipinski definition) is 2. The fourth-order valence-electron chi connectivity index (χ4n) is 1.58. The zero-order valence-electron chi connectivity index (χ0n) is 12.4. The Bertz CT molecular complexity index is 480. The van der Waals surface area contributed by atoms with Gasteiger partial charge in [0.2, 0.25) is 0 Å². The van der Waals surface area contributed by atoms with E-state index in [4.69, 9.17) is 12.2 Å². The van der Waals surface area contributed by atoms with Gasteiger partial charge in [0.15, 0.2) is 5.11 Å². The maximum absolute atomic E-state index is 5.25. The zero-order valence-corrected chi connectivity index (χ0v) is 13.2. The number of rotatable bonds is 4. The molecule has 0 aliphatic rings. The van der Waals surface area contributed by atoms with Crippen molar-refractivity contribution in [1.29, 1.82) is 0 Å². The van der Waals surface area contributed by atoms with Gasteiger partial charge in [0.05, 0.1) is 0 Å². The topological polar surface area (TPSA) is 36.4 Å². The Labute approximate surface area is 121 Å². The summed E-state index contributed by atoms with van der Waals surface area (Å²) in [6.45, 7) is 10.5. The molecule has 3 nitrogen and oxygen atoms in total. The Kier molecular flexibility index (Phi) is 5.96. The van der Waals surface area contributed by atoms with E-state index in [1.165, 1.54) is 11.1 Å². The second-order valence-electron chi connectivity index (χ2n) is 4.88. The molecule has 1 rings (SSSR count). The summed E-state index contributed by atoms with van der Waals surface area (Å²) in [5, 5.41) is 8.01. The Morgan fingerprint density at radius 2 is 2.05 bits per heavy atom. The average Bonchev–Trinajstić information content (AvgIpc) is 2.40. The molecule has 104 valence electrons. The van der Waals surface area contributed by atoms with Crippen molar-refractivity contribution in [3.63, 3.8) is 0 Å². The van der Waals surface area contributed by atoms with Crippen LogP contribution in [0.15, 0.2) is 23.3 Å². The average molecular weight is 277 g/mol. The standard InChI is InChI=1S/C15H23N3S/c1-6-10(2)13(5)17-18-15(19)16-14-9-7-8-11(3)12(14)4/h7-10H,6H2,1-5H3,(H2,16,18,19)/b17-13-/t10-/m1/s1. The molecular formula is C15H23N3S. The Hall–Kier alpha value is -1.42. The van der Waals surface area contributed by atoms with Crippen LogP contribution in [-0.2, 0) is 0 Å². The fraction of sp³-hybridized carbons (Fsp3) is 0.467. The van der Waals surface area contributed by atoms with E-state index in [9.17, 15) is 0 Å². The van der Waals surface area contributed by atoms with Crippen LogP contribution >= 0.6 is 12.2 Å². The molecule has 4 heteroatoms. The third-order valence-corrected chi connectivity index (χ3v) is 3.71. The van der Waals surface area contributed by atoms with Crippen LogP contribution < -0.4 is 10.7 Å². The minimum atomic E-state index is 0.469. The first-order valence-corrected chi connectivity index (χ1v) is 7.03. The quantitative estimate of drug-likeness (QED) is 0.496. The van der Waals surface area contributed by atoms with Crippen molar-refractivity contribution < 1.29 is 0 Å². The van der Waals surface area contributed by atoms with E-state index < -0.39 is 0 Å². The summed E-state index contributed by atoms with van der Waals surface area (Å²) in [5.41, 5.74) is 7.43. The molecule has 19 heavy (non-hydrogen) atoms. The predicted octanol–water partition coefficient (Wildman–Crippen LogP) is 4.01. The summed E-state index contributed by atoms with van der Waals surface area (Å²) in [6, 6.07) is 6.12. The van der Waals surface area contributed by atoms with Crippen LogP contribution in [0.1, 0.15) is 38.3 Å². The Morgan fingerprint density at radius 3 is 2.68 bits per heavy atom. The van der Waals surface area contributed by atoms with Crippen LogP contribution in [0.25, 0.3) is 0 Å². The van der Waals surface area contributed by atoms with Crippen LogP contribution in [-0.4, -0.2) is 10.8 Å². The van der Waals surface area contributed by atoms with Crippen LogP contribution in [0.2, 0.25) is 0 Å². The van der Waals surface area contributed by atoms with Gasteiger partial charge in [-0.25, -0.2) is 0 Å². The monoisotopic (exact) mass is 277 g/mol. The summed E-state index contributed by atoms with van der Waals surface area (Å²) >= 11 is 5.25. The van der Waals surface area contributed by atoms with E-state index >= 15 is 0 Å². The van der Waals surface area contributed by atoms with Gasteiger partial charge in [0, 0.05) is 11.4 Å². The lowest BCUT2D eigenvalue weighted by molar-refractivity contribution is 0.727. The summed E-state index contributed by atoms with van der Waals surface area (Å²) < 4.78 is 0. The molecule has 0 saturated carbocycles. The van der Waals surface area contributed by atoms with E-state index in [2.05, 4.69) is 49.6 Å². The Balaban J connectivity index is 2.64. The van der Waals surface area contributed by atoms with Gasteiger partial charge in [0.25, 0.3) is 0 Å². The molecule has 0 aromatic heterocycles. The molecular weight excluding hydrogens is 254 g/mol. The molecule has 1 aromatic carbocycles. The van der Waals surface area contributed by atoms with Gasteiger partial charge in [-0.2, -0.15) is 5.10 Å². The molecule has 0 aliphatic heterocycles. The van der Waals surface area contributed by atoms with Crippen LogP contribution in [0.3, 0.4) is 0 Å². The lowest BCUT2D eigenvalue weighted by Crippen LogP contribution is -2.26. The number of nitrogens with zero attached hydrogens (tertiary/aromatic N) is 1. The number of thiocarbonyl (C=S) groups is 1. The Morgan fingerprint density at radius 1 is 1.37 bits per heavy atom. The van der Waals surface area contributed by atoms with Crippen LogP contribution in [0, 0.1) is 19.8 Å². The highest BCUT2D eigenvalue weighted by atomic mass is 32.1. The highest BCUT2D eigenvalue weighted by Crippen LogP contribution is 2.17. The number of benzene rings is 1. The predicted molar refractivity (Wildman–Crippen MR) is 87.8 cm³/mol. The molecule has 0 bridgehead atoms. The van der Waals surface area contributed by atoms with Crippen molar-refractivity contribution in [3.05, 3.63) is 29.3 Å². The molecule has 0 heterocycles. The summed E-state index contributed by atoms with van der Waals surface area (Å²) in [4.78, 5) is 0. The second-order valence-corrected chi connectivity index (χ2v) is 5.28. The smallest absolute Gasteiger partial charge is 0.191 e. The summed E-state index contributed by atoms with van der Waals surface area (Å²) in [7, 11) is 0. The third kappa shape index (κ3) is 4.63. The van der Waals surface area contributed by atoms with Crippen molar-refractivity contribution in [2.45, 2.75) is 41.0 Å². The molecule has 0 amide bonds. The molecule has 0 radical (unpaired) electrons. The fourth-order valence-corrected chi connectivity index (χ4v) is 1.74. The summed E-state index contributed by atoms with van der Waals surface area (Å²) in [6.07, 6.45) is 1.08. The number of nitrogens with one attached hydrogen (secondary N) is 2. The second kappa shape index (κ2) is 7.24. The van der Waals surface area contributed by atoms with E-state index in [0.717, 1.165) is 17.8 Å². The molecule has 1 atom stereocenters. The van der Waals surface area contributed by atoms with Crippen molar-refractivity contribution >= 4 is 28.7 Å². The highest BCUT2D eigenvalue weighted by molar-refractivity contribution is 7.80. The van der Waals surface area contributed by atoms with E-state index in [0.29, 0.717) is 11.0 Å². The van der Waals surface area contributed by atoms with E-state index in [1.807, 2.05) is 19.1 Å². The van der Waals surface area contributed by atoms with Gasteiger partial charge in [-0.15, -0.1) is 0 Å². The number of aryl methyl sites for hydroxylation is 1. The zero-order chi connectivity index (χ0) is 14.4. The van der Waals surface area contributed by atoms with Gasteiger partial charge < -0.3 is 5.32 Å². The van der Waals surface area contributed by atoms with Crippen molar-refractivity contribution in [3.8, 4) is 0 Å². The molecule has 0 spiro atoms. The molecule has 2 N–H and O–H groups in total. The van der Waals surface area contributed by atoms with E-state index in [1.54, 1.807) is 0 Å². The highest BCUT2D eigenvalue weighted by Gasteiger charge is 2.04. The molecule has 1 aromatic rings. The molecule has 0 unspecified atom stereocenters. The van der Waals surface area contributed by atoms with E-state index in [-0.39, 0.29) is 0 Å². The van der Waals surface area contributed by atoms with Crippen LogP contribution in [0.5, 0.6) is 0 Å². The normalized spacial score (nSPS) is 13.0. The first-order chi connectivity index (χ1) is 8.95. The van der Waals surface area contributed by atoms with Crippen molar-refractivity contribution in [2.75, 3.05) is 5.32 Å². The van der Waals surface area contributed by atoms with Crippen molar-refractivity contribution in [2.24, 2.45) is 11.0 Å². The summed E-state index contributed by atoms with van der Waals surface area (Å²) in [5.74, 6) is 0.469. The maximum atomic E-state index is 5.25. The maximum Gasteiger partial charge on any atom is 0.191 e. The third-order valence-electron chi connectivity index (χ3n) is 3.51. The molecule has 0 fully saturated rings. The van der Waals surface area contributed by atoms with Gasteiger partial charge in [-0.05, 0) is 62.5 Å². The van der Waals surface area contributed by atoms with Crippen LogP contribution in [0.4, 0.5) is 5.69 Å². The number of hydrazone groups is 1. The van der Waals surface area contributed by atoms with Gasteiger partial charge in [0.1, 0.15) is 0 Å². The van der Waals surface area contributed by atoms with Gasteiger partial charge in [-0.1, -0.05) is 26.0 Å². The first kappa shape index (κ1) is 15.6. The minimum Gasteiger partial charge on any atom is -0.331 e. The molecule has 0 aliphatic carbocycles. The number of hydrogen-bond acceptors (Lipinski definition) is 2. The SMILES string of the molecule is CC[C@@H](C)/C(C)=N\NC(=S)Nc1cccc(C)c1C. The first-order valence-electron chi connectivity index (χ1n) is 6.63. The lowest BCUT2D eigenvalue weighted by atomic mass is 10.1. The van der Waals surface area contributed by atoms with Gasteiger partial charge >= 0.3 is 0 Å². The number of anilines is 1. The lowest BCUT2D eigenvalue weighted by Gasteiger charge is -2.13.